The zero-order valence-corrected chi connectivity index (χ0v) is 23.8. The average Bonchev–Trinajstić information content (AvgIpc) is 2.97. The van der Waals surface area contributed by atoms with Crippen LogP contribution in [0, 0.1) is 0 Å². The Kier molecular flexibility index (Phi) is 9.24. The van der Waals surface area contributed by atoms with Crippen molar-refractivity contribution in [2.45, 2.75) is 32.0 Å². The van der Waals surface area contributed by atoms with Crippen LogP contribution in [0.3, 0.4) is 0 Å². The van der Waals surface area contributed by atoms with E-state index in [-0.39, 0.29) is 7.33 Å². The maximum absolute atomic E-state index is 12.6. The summed E-state index contributed by atoms with van der Waals surface area (Å²) < 4.78 is 5.27. The van der Waals surface area contributed by atoms with Crippen molar-refractivity contribution in [3.63, 3.8) is 0 Å². The van der Waals surface area contributed by atoms with E-state index in [0.29, 0.717) is 28.2 Å². The Morgan fingerprint density at radius 3 is 2.28 bits per heavy atom. The molecule has 1 amide bonds. The van der Waals surface area contributed by atoms with Crippen LogP contribution in [-0.2, 0) is 13.1 Å². The van der Waals surface area contributed by atoms with Crippen molar-refractivity contribution in [3.05, 3.63) is 87.5 Å². The number of nitrogens with one attached hydrogen (secondary N) is 1. The van der Waals surface area contributed by atoms with Crippen LogP contribution in [-0.4, -0.2) is 73.1 Å². The summed E-state index contributed by atoms with van der Waals surface area (Å²) in [5, 5.41) is 4.09. The van der Waals surface area contributed by atoms with Gasteiger partial charge >= 0.3 is 0 Å². The quantitative estimate of drug-likeness (QED) is 0.394. The average molecular weight is 571 g/mol. The number of carbonyl (C=O) groups is 1. The molecule has 9 heteroatoms. The first-order valence-electron chi connectivity index (χ1n) is 13.5. The number of carbonyl (C=O) groups excluding carboxylic acids is 1. The maximum atomic E-state index is 12.6. The van der Waals surface area contributed by atoms with E-state index in [0.717, 1.165) is 62.9 Å². The smallest absolute Gasteiger partial charge is 0.253 e. The van der Waals surface area contributed by atoms with E-state index < -0.39 is 0 Å². The molecule has 1 N–H and O–H groups in total. The van der Waals surface area contributed by atoms with Crippen molar-refractivity contribution in [1.29, 1.82) is 0 Å². The predicted molar refractivity (Wildman–Crippen MR) is 159 cm³/mol. The molecule has 2 saturated heterocycles. The van der Waals surface area contributed by atoms with Crippen molar-refractivity contribution in [2.75, 3.05) is 51.3 Å². The fraction of sp³-hybridized carbons (Fsp3) is 0.400. The molecule has 5 rings (SSSR count). The van der Waals surface area contributed by atoms with Gasteiger partial charge < -0.3 is 15.0 Å². The summed E-state index contributed by atoms with van der Waals surface area (Å²) in [7, 11) is 1.70. The lowest BCUT2D eigenvalue weighted by Crippen LogP contribution is -2.53. The highest BCUT2D eigenvalue weighted by atomic mass is 35.5. The number of benzene rings is 2. The van der Waals surface area contributed by atoms with Crippen molar-refractivity contribution < 1.29 is 11.0 Å². The van der Waals surface area contributed by atoms with Crippen LogP contribution < -0.4 is 15.0 Å². The number of piperazine rings is 1. The number of likely N-dealkylation sites (tertiary alicyclic amines) is 1. The zero-order chi connectivity index (χ0) is 27.2. The van der Waals surface area contributed by atoms with E-state index in [1.807, 2.05) is 36.4 Å². The minimum absolute atomic E-state index is 0. The number of pyridine rings is 1. The number of hydrogen-bond acceptors (Lipinski definition) is 6. The van der Waals surface area contributed by atoms with Crippen LogP contribution in [0.2, 0.25) is 10.0 Å². The number of rotatable bonds is 8. The van der Waals surface area contributed by atoms with Crippen molar-refractivity contribution in [1.82, 2.24) is 20.1 Å². The van der Waals surface area contributed by atoms with Crippen LogP contribution in [0.15, 0.2) is 60.8 Å². The first-order chi connectivity index (χ1) is 19.0. The Hall–Kier alpha value is -2.84. The third-order valence-electron chi connectivity index (χ3n) is 7.70. The number of piperidine rings is 1. The Morgan fingerprint density at radius 1 is 0.974 bits per heavy atom. The molecule has 0 bridgehead atoms. The van der Waals surface area contributed by atoms with Gasteiger partial charge in [-0.15, -0.1) is 0 Å². The van der Waals surface area contributed by atoms with E-state index in [9.17, 15) is 4.79 Å². The summed E-state index contributed by atoms with van der Waals surface area (Å²) in [6.45, 7) is 7.37. The first kappa shape index (κ1) is 27.7. The largest absolute Gasteiger partial charge is 0.497 e. The molecule has 0 aliphatic carbocycles. The van der Waals surface area contributed by atoms with E-state index in [4.69, 9.17) is 27.9 Å². The fourth-order valence-electron chi connectivity index (χ4n) is 5.40. The number of aromatic nitrogens is 1. The highest BCUT2D eigenvalue weighted by molar-refractivity contribution is 6.33. The highest BCUT2D eigenvalue weighted by Crippen LogP contribution is 2.27. The standard InChI is InChI=1S/C30H35Cl2N5O2.H2/c1-39-27-8-4-23(5-9-27)21-35-12-10-26(11-13-35)36-14-16-37(17-15-36)29-28(32)18-24(20-33-29)30(38)34-19-22-2-6-25(31)7-3-22;/h2-9,18,20,26H,10-17,19,21H2,1H3,(H,34,38);1H. The Morgan fingerprint density at radius 2 is 1.64 bits per heavy atom. The molecule has 0 atom stereocenters. The zero-order valence-electron chi connectivity index (χ0n) is 22.3. The topological polar surface area (TPSA) is 60.9 Å². The number of nitrogens with zero attached hydrogens (tertiary/aromatic N) is 4. The van der Waals surface area contributed by atoms with Gasteiger partial charge in [-0.3, -0.25) is 14.6 Å². The predicted octanol–water partition coefficient (Wildman–Crippen LogP) is 5.36. The van der Waals surface area contributed by atoms with Crippen molar-refractivity contribution in [3.8, 4) is 5.75 Å². The van der Waals surface area contributed by atoms with Crippen molar-refractivity contribution in [2.24, 2.45) is 0 Å². The third kappa shape index (κ3) is 7.22. The highest BCUT2D eigenvalue weighted by Gasteiger charge is 2.28. The number of amides is 1. The lowest BCUT2D eigenvalue weighted by atomic mass is 10.0. The molecular formula is C30H37Cl2N5O2. The molecule has 3 aromatic rings. The van der Waals surface area contributed by atoms with E-state index in [1.54, 1.807) is 19.4 Å². The van der Waals surface area contributed by atoms with Gasteiger partial charge in [0.05, 0.1) is 17.7 Å². The van der Waals surface area contributed by atoms with E-state index in [1.165, 1.54) is 18.4 Å². The second kappa shape index (κ2) is 13.0. The second-order valence-corrected chi connectivity index (χ2v) is 11.1. The minimum Gasteiger partial charge on any atom is -0.497 e. The molecule has 0 radical (unpaired) electrons. The number of hydrogen-bond donors (Lipinski definition) is 1. The Balaban J connectivity index is 0.00000370. The molecule has 39 heavy (non-hydrogen) atoms. The summed E-state index contributed by atoms with van der Waals surface area (Å²) >= 11 is 12.5. The summed E-state index contributed by atoms with van der Waals surface area (Å²) in [5.74, 6) is 1.45. The molecule has 3 heterocycles. The molecule has 2 aliphatic rings. The van der Waals surface area contributed by atoms with Gasteiger partial charge in [-0.2, -0.15) is 0 Å². The monoisotopic (exact) mass is 569 g/mol. The lowest BCUT2D eigenvalue weighted by Gasteiger charge is -2.43. The summed E-state index contributed by atoms with van der Waals surface area (Å²) in [6, 6.07) is 18.1. The van der Waals surface area contributed by atoms with Gasteiger partial charge in [-0.25, -0.2) is 4.98 Å². The number of methoxy groups -OCH3 is 1. The van der Waals surface area contributed by atoms with Crippen molar-refractivity contribution >= 4 is 34.9 Å². The molecular weight excluding hydrogens is 533 g/mol. The molecule has 2 aromatic carbocycles. The van der Waals surface area contributed by atoms with Crippen LogP contribution >= 0.6 is 23.2 Å². The molecule has 2 fully saturated rings. The molecule has 7 nitrogen and oxygen atoms in total. The Labute approximate surface area is 242 Å². The third-order valence-corrected chi connectivity index (χ3v) is 8.23. The van der Waals surface area contributed by atoms with Gasteiger partial charge in [-0.1, -0.05) is 47.5 Å². The number of ether oxygens (including phenoxy) is 1. The number of anilines is 1. The second-order valence-electron chi connectivity index (χ2n) is 10.2. The molecule has 208 valence electrons. The van der Waals surface area contributed by atoms with Gasteiger partial charge in [0.1, 0.15) is 11.6 Å². The molecule has 0 saturated carbocycles. The van der Waals surface area contributed by atoms with E-state index in [2.05, 4.69) is 37.1 Å². The van der Waals surface area contributed by atoms with Gasteiger partial charge in [0.25, 0.3) is 5.91 Å². The maximum Gasteiger partial charge on any atom is 0.253 e. The summed E-state index contributed by atoms with van der Waals surface area (Å²) in [4.78, 5) is 24.6. The lowest BCUT2D eigenvalue weighted by molar-refractivity contribution is 0.0950. The molecule has 0 unspecified atom stereocenters. The first-order valence-corrected chi connectivity index (χ1v) is 14.3. The van der Waals surface area contributed by atoms with Crippen LogP contribution in [0.25, 0.3) is 0 Å². The van der Waals surface area contributed by atoms with Crippen LogP contribution in [0.1, 0.15) is 35.8 Å². The SMILES string of the molecule is COc1ccc(CN2CCC(N3CCN(c4ncc(C(=O)NCc5ccc(Cl)cc5)cc4Cl)CC3)CC2)cc1.[HH]. The van der Waals surface area contributed by atoms with Crippen LogP contribution in [0.5, 0.6) is 5.75 Å². The summed E-state index contributed by atoms with van der Waals surface area (Å²) in [5.41, 5.74) is 2.76. The van der Waals surface area contributed by atoms with Gasteiger partial charge in [0.15, 0.2) is 0 Å². The molecule has 2 aliphatic heterocycles. The molecule has 1 aromatic heterocycles. The van der Waals surface area contributed by atoms with E-state index >= 15 is 0 Å². The van der Waals surface area contributed by atoms with Gasteiger partial charge in [0.2, 0.25) is 0 Å². The normalized spacial score (nSPS) is 17.3. The summed E-state index contributed by atoms with van der Waals surface area (Å²) in [6.07, 6.45) is 3.99. The number of halogens is 2. The fourth-order valence-corrected chi connectivity index (χ4v) is 5.82. The molecule has 0 spiro atoms. The van der Waals surface area contributed by atoms with Gasteiger partial charge in [-0.05, 0) is 67.4 Å². The van der Waals surface area contributed by atoms with Crippen LogP contribution in [0.4, 0.5) is 5.82 Å². The minimum atomic E-state index is -0.200. The Bertz CT molecular complexity index is 1250. The van der Waals surface area contributed by atoms with Gasteiger partial charge in [0, 0.05) is 58.0 Å².